The Balaban J connectivity index is 1.69. The largest absolute Gasteiger partial charge is 0.478 e. The molecule has 7 nitrogen and oxygen atoms in total. The van der Waals surface area contributed by atoms with Crippen LogP contribution in [0.3, 0.4) is 0 Å². The summed E-state index contributed by atoms with van der Waals surface area (Å²) in [6, 6.07) is 0. The van der Waals surface area contributed by atoms with Gasteiger partial charge in [-0.15, -0.1) is 11.3 Å². The van der Waals surface area contributed by atoms with Crippen LogP contribution < -0.4 is 5.32 Å². The lowest BCUT2D eigenvalue weighted by molar-refractivity contribution is -0.133. The van der Waals surface area contributed by atoms with Crippen molar-refractivity contribution in [2.45, 2.75) is 64.7 Å². The average Bonchev–Trinajstić information content (AvgIpc) is 3.35. The highest BCUT2D eigenvalue weighted by atomic mass is 32.1. The normalized spacial score (nSPS) is 17.1. The number of hydrogen-bond donors (Lipinski definition) is 2. The Bertz CT molecular complexity index is 968. The summed E-state index contributed by atoms with van der Waals surface area (Å²) in [6.07, 6.45) is 5.53. The monoisotopic (exact) mass is 401 g/mol. The molecule has 1 fully saturated rings. The number of nitrogens with one attached hydrogen (secondary N) is 1. The number of amides is 1. The van der Waals surface area contributed by atoms with Crippen LogP contribution in [0.5, 0.6) is 0 Å². The molecule has 0 spiro atoms. The van der Waals surface area contributed by atoms with E-state index in [0.29, 0.717) is 35.2 Å². The van der Waals surface area contributed by atoms with Gasteiger partial charge in [0.15, 0.2) is 5.82 Å². The van der Waals surface area contributed by atoms with Gasteiger partial charge in [-0.1, -0.05) is 12.1 Å². The summed E-state index contributed by atoms with van der Waals surface area (Å²) in [7, 11) is 0. The van der Waals surface area contributed by atoms with Gasteiger partial charge in [0, 0.05) is 21.9 Å². The van der Waals surface area contributed by atoms with E-state index in [1.165, 1.54) is 11.3 Å². The van der Waals surface area contributed by atoms with E-state index < -0.39 is 5.97 Å². The van der Waals surface area contributed by atoms with Crippen LogP contribution in [-0.4, -0.2) is 27.1 Å². The minimum absolute atomic E-state index is 0.225. The van der Waals surface area contributed by atoms with Crippen LogP contribution in [0.1, 0.15) is 67.6 Å². The summed E-state index contributed by atoms with van der Waals surface area (Å²) in [4.78, 5) is 30.1. The van der Waals surface area contributed by atoms with Gasteiger partial charge in [0.1, 0.15) is 5.00 Å². The van der Waals surface area contributed by atoms with E-state index in [0.717, 1.165) is 53.9 Å². The van der Waals surface area contributed by atoms with Gasteiger partial charge in [-0.3, -0.25) is 4.79 Å². The van der Waals surface area contributed by atoms with Crippen molar-refractivity contribution in [2.75, 3.05) is 5.32 Å². The summed E-state index contributed by atoms with van der Waals surface area (Å²) in [5.41, 5.74) is 2.37. The number of nitrogens with zero attached hydrogens (tertiary/aromatic N) is 2. The predicted molar refractivity (Wildman–Crippen MR) is 105 cm³/mol. The number of anilines is 1. The first-order valence-electron chi connectivity index (χ1n) is 9.72. The molecular weight excluding hydrogens is 378 g/mol. The molecule has 2 aliphatic rings. The van der Waals surface area contributed by atoms with Gasteiger partial charge in [-0.2, -0.15) is 4.98 Å². The predicted octanol–water partition coefficient (Wildman–Crippen LogP) is 4.44. The first-order valence-corrected chi connectivity index (χ1v) is 10.5. The summed E-state index contributed by atoms with van der Waals surface area (Å²) < 4.78 is 5.51. The van der Waals surface area contributed by atoms with E-state index in [1.807, 2.05) is 6.92 Å². The molecule has 2 heterocycles. The summed E-state index contributed by atoms with van der Waals surface area (Å²) >= 11 is 1.49. The zero-order valence-electron chi connectivity index (χ0n) is 16.0. The minimum Gasteiger partial charge on any atom is -0.478 e. The van der Waals surface area contributed by atoms with Crippen LogP contribution in [0.15, 0.2) is 15.7 Å². The maximum Gasteiger partial charge on any atom is 0.332 e. The second kappa shape index (κ2) is 7.50. The van der Waals surface area contributed by atoms with E-state index in [9.17, 15) is 14.7 Å². The Kier molecular flexibility index (Phi) is 5.05. The first kappa shape index (κ1) is 18.9. The van der Waals surface area contributed by atoms with Crippen molar-refractivity contribution in [2.24, 2.45) is 0 Å². The summed E-state index contributed by atoms with van der Waals surface area (Å²) in [6.45, 7) is 4.05. The third kappa shape index (κ3) is 3.48. The zero-order valence-corrected chi connectivity index (χ0v) is 16.8. The van der Waals surface area contributed by atoms with Gasteiger partial charge in [0.05, 0.1) is 5.56 Å². The molecule has 4 rings (SSSR count). The molecule has 148 valence electrons. The molecule has 2 aromatic rings. The molecule has 0 aromatic carbocycles. The molecule has 2 aliphatic carbocycles. The van der Waals surface area contributed by atoms with E-state index in [-0.39, 0.29) is 11.5 Å². The lowest BCUT2D eigenvalue weighted by Gasteiger charge is -2.17. The standard InChI is InChI=1S/C20H23N3O4S/c1-3-14-10(2)15(18-21-16(23-27-18)11-8-9-11)19(28-14)22-17(24)12-6-4-5-7-13(12)20(25)26/h11H,3-9H2,1-2H3,(H,22,24)(H,25,26). The SMILES string of the molecule is CCc1sc(NC(=O)C2=C(C(=O)O)CCCC2)c(-c2nc(C3CC3)no2)c1C. The van der Waals surface area contributed by atoms with Crippen molar-refractivity contribution in [1.29, 1.82) is 0 Å². The third-order valence-electron chi connectivity index (χ3n) is 5.39. The van der Waals surface area contributed by atoms with E-state index >= 15 is 0 Å². The van der Waals surface area contributed by atoms with Crippen LogP contribution in [0.25, 0.3) is 11.5 Å². The lowest BCUT2D eigenvalue weighted by atomic mass is 9.91. The quantitative estimate of drug-likeness (QED) is 0.741. The minimum atomic E-state index is -1.01. The maximum atomic E-state index is 12.9. The number of aliphatic carboxylic acids is 1. The number of carbonyl (C=O) groups is 2. The number of carbonyl (C=O) groups excluding carboxylic acids is 1. The molecule has 28 heavy (non-hydrogen) atoms. The zero-order chi connectivity index (χ0) is 19.8. The van der Waals surface area contributed by atoms with Crippen molar-refractivity contribution in [3.63, 3.8) is 0 Å². The van der Waals surface area contributed by atoms with Crippen LogP contribution in [-0.2, 0) is 16.0 Å². The fourth-order valence-corrected chi connectivity index (χ4v) is 4.79. The van der Waals surface area contributed by atoms with Crippen molar-refractivity contribution in [3.05, 3.63) is 27.4 Å². The van der Waals surface area contributed by atoms with Gasteiger partial charge >= 0.3 is 5.97 Å². The number of aryl methyl sites for hydroxylation is 1. The topological polar surface area (TPSA) is 105 Å². The Hall–Kier alpha value is -2.48. The van der Waals surface area contributed by atoms with Gasteiger partial charge < -0.3 is 14.9 Å². The Labute approximate surface area is 166 Å². The highest BCUT2D eigenvalue weighted by Gasteiger charge is 2.31. The number of hydrogen-bond acceptors (Lipinski definition) is 6. The number of rotatable bonds is 6. The maximum absolute atomic E-state index is 12.9. The van der Waals surface area contributed by atoms with Crippen LogP contribution >= 0.6 is 11.3 Å². The molecule has 1 saturated carbocycles. The Morgan fingerprint density at radius 3 is 2.61 bits per heavy atom. The second-order valence-electron chi connectivity index (χ2n) is 7.36. The fraction of sp³-hybridized carbons (Fsp3) is 0.500. The summed E-state index contributed by atoms with van der Waals surface area (Å²) in [5, 5.41) is 17.1. The fourth-order valence-electron chi connectivity index (χ4n) is 3.66. The second-order valence-corrected chi connectivity index (χ2v) is 8.47. The third-order valence-corrected chi connectivity index (χ3v) is 6.74. The highest BCUT2D eigenvalue weighted by Crippen LogP contribution is 2.43. The Morgan fingerprint density at radius 2 is 1.96 bits per heavy atom. The number of thiophene rings is 1. The van der Waals surface area contributed by atoms with E-state index in [1.54, 1.807) is 0 Å². The first-order chi connectivity index (χ1) is 13.5. The average molecular weight is 401 g/mol. The number of carboxylic acid groups (broad SMARTS) is 1. The Morgan fingerprint density at radius 1 is 1.25 bits per heavy atom. The van der Waals surface area contributed by atoms with Gasteiger partial charge in [0.2, 0.25) is 0 Å². The molecule has 0 bridgehead atoms. The highest BCUT2D eigenvalue weighted by molar-refractivity contribution is 7.17. The van der Waals surface area contributed by atoms with Crippen molar-refractivity contribution in [3.8, 4) is 11.5 Å². The van der Waals surface area contributed by atoms with Gasteiger partial charge in [-0.25, -0.2) is 4.79 Å². The molecule has 2 aromatic heterocycles. The van der Waals surface area contributed by atoms with Crippen molar-refractivity contribution >= 4 is 28.2 Å². The molecule has 0 unspecified atom stereocenters. The molecular formula is C20H23N3O4S. The van der Waals surface area contributed by atoms with Gasteiger partial charge in [0.25, 0.3) is 11.8 Å². The van der Waals surface area contributed by atoms with Crippen molar-refractivity contribution in [1.82, 2.24) is 10.1 Å². The molecule has 8 heteroatoms. The number of carboxylic acids is 1. The number of aromatic nitrogens is 2. The molecule has 2 N–H and O–H groups in total. The van der Waals surface area contributed by atoms with Crippen LogP contribution in [0.2, 0.25) is 0 Å². The smallest absolute Gasteiger partial charge is 0.332 e. The molecule has 0 radical (unpaired) electrons. The van der Waals surface area contributed by atoms with Gasteiger partial charge in [-0.05, 0) is 57.4 Å². The molecule has 0 saturated heterocycles. The molecule has 1 amide bonds. The van der Waals surface area contributed by atoms with E-state index in [2.05, 4.69) is 22.4 Å². The summed E-state index contributed by atoms with van der Waals surface area (Å²) in [5.74, 6) is 0.170. The van der Waals surface area contributed by atoms with Crippen LogP contribution in [0, 0.1) is 6.92 Å². The van der Waals surface area contributed by atoms with Crippen LogP contribution in [0.4, 0.5) is 5.00 Å². The molecule has 0 aliphatic heterocycles. The molecule has 0 atom stereocenters. The lowest BCUT2D eigenvalue weighted by Crippen LogP contribution is -2.21. The van der Waals surface area contributed by atoms with E-state index in [4.69, 9.17) is 4.52 Å². The van der Waals surface area contributed by atoms with Crippen molar-refractivity contribution < 1.29 is 19.2 Å².